The van der Waals surface area contributed by atoms with E-state index in [0.717, 1.165) is 45.1 Å². The van der Waals surface area contributed by atoms with Crippen LogP contribution in [0, 0.1) is 11.8 Å². The standard InChI is InChI=1S/C23H36N4O3/c1-17-14-27(15-20(17)21(28)29-4)22(24-3)25-16-23(10-12-30-13-11-23)26-18(2)19-8-6-5-7-9-19/h5-9,17-18,20,26H,10-16H2,1-4H3,(H,24,25). The minimum atomic E-state index is -0.139. The second-order valence-corrected chi connectivity index (χ2v) is 8.58. The Labute approximate surface area is 180 Å². The molecular weight excluding hydrogens is 380 g/mol. The van der Waals surface area contributed by atoms with Crippen molar-refractivity contribution in [2.75, 3.05) is 47.0 Å². The van der Waals surface area contributed by atoms with Crippen LogP contribution in [0.5, 0.6) is 0 Å². The zero-order chi connectivity index (χ0) is 21.6. The summed E-state index contributed by atoms with van der Waals surface area (Å²) in [7, 11) is 3.26. The Bertz CT molecular complexity index is 718. The Balaban J connectivity index is 1.65. The molecule has 2 N–H and O–H groups in total. The van der Waals surface area contributed by atoms with Gasteiger partial charge in [0.1, 0.15) is 0 Å². The van der Waals surface area contributed by atoms with Crippen LogP contribution in [0.3, 0.4) is 0 Å². The molecule has 2 aliphatic heterocycles. The number of methoxy groups -OCH3 is 1. The molecule has 2 fully saturated rings. The summed E-state index contributed by atoms with van der Waals surface area (Å²) in [6.45, 7) is 8.00. The van der Waals surface area contributed by atoms with Crippen molar-refractivity contribution in [3.63, 3.8) is 0 Å². The van der Waals surface area contributed by atoms with Crippen molar-refractivity contribution >= 4 is 11.9 Å². The Morgan fingerprint density at radius 2 is 2.00 bits per heavy atom. The molecular formula is C23H36N4O3. The van der Waals surface area contributed by atoms with Gasteiger partial charge in [0, 0.05) is 51.5 Å². The highest BCUT2D eigenvalue weighted by atomic mass is 16.5. The number of hydrogen-bond donors (Lipinski definition) is 2. The smallest absolute Gasteiger partial charge is 0.310 e. The van der Waals surface area contributed by atoms with E-state index in [2.05, 4.69) is 58.6 Å². The second kappa shape index (κ2) is 10.3. The number of aliphatic imine (C=N–C) groups is 1. The number of carbonyl (C=O) groups excluding carboxylic acids is 1. The second-order valence-electron chi connectivity index (χ2n) is 8.58. The monoisotopic (exact) mass is 416 g/mol. The van der Waals surface area contributed by atoms with Gasteiger partial charge in [-0.3, -0.25) is 9.79 Å². The quantitative estimate of drug-likeness (QED) is 0.421. The van der Waals surface area contributed by atoms with Crippen LogP contribution in [-0.2, 0) is 14.3 Å². The summed E-state index contributed by atoms with van der Waals surface area (Å²) in [6, 6.07) is 10.8. The number of nitrogens with zero attached hydrogens (tertiary/aromatic N) is 2. The molecule has 3 atom stereocenters. The highest BCUT2D eigenvalue weighted by Crippen LogP contribution is 2.26. The summed E-state index contributed by atoms with van der Waals surface area (Å²) in [5.41, 5.74) is 1.21. The molecule has 0 spiro atoms. The first-order valence-electron chi connectivity index (χ1n) is 10.9. The molecule has 3 rings (SSSR count). The lowest BCUT2D eigenvalue weighted by molar-refractivity contribution is -0.145. The maximum atomic E-state index is 12.1. The topological polar surface area (TPSA) is 75.2 Å². The van der Waals surface area contributed by atoms with E-state index in [1.165, 1.54) is 12.7 Å². The van der Waals surface area contributed by atoms with Crippen molar-refractivity contribution in [3.8, 4) is 0 Å². The number of rotatable bonds is 6. The average molecular weight is 417 g/mol. The van der Waals surface area contributed by atoms with Crippen LogP contribution >= 0.6 is 0 Å². The van der Waals surface area contributed by atoms with Gasteiger partial charge in [-0.05, 0) is 31.2 Å². The van der Waals surface area contributed by atoms with Crippen molar-refractivity contribution in [1.29, 1.82) is 0 Å². The Morgan fingerprint density at radius 1 is 1.30 bits per heavy atom. The molecule has 3 unspecified atom stereocenters. The first-order valence-corrected chi connectivity index (χ1v) is 10.9. The summed E-state index contributed by atoms with van der Waals surface area (Å²) in [5.74, 6) is 0.832. The number of carbonyl (C=O) groups is 1. The number of guanidine groups is 1. The van der Waals surface area contributed by atoms with E-state index in [0.29, 0.717) is 6.54 Å². The van der Waals surface area contributed by atoms with E-state index in [9.17, 15) is 4.79 Å². The fourth-order valence-corrected chi connectivity index (χ4v) is 4.60. The molecule has 2 heterocycles. The van der Waals surface area contributed by atoms with E-state index in [1.54, 1.807) is 7.05 Å². The maximum Gasteiger partial charge on any atom is 0.310 e. The number of esters is 1. The molecule has 1 aromatic carbocycles. The van der Waals surface area contributed by atoms with E-state index in [-0.39, 0.29) is 29.4 Å². The van der Waals surface area contributed by atoms with Crippen LogP contribution in [-0.4, -0.2) is 69.4 Å². The molecule has 2 aliphatic rings. The summed E-state index contributed by atoms with van der Waals surface area (Å²) in [4.78, 5) is 18.7. The number of likely N-dealkylation sites (tertiary alicyclic amines) is 1. The van der Waals surface area contributed by atoms with Gasteiger partial charge in [0.2, 0.25) is 0 Å². The molecule has 2 saturated heterocycles. The lowest BCUT2D eigenvalue weighted by Gasteiger charge is -2.41. The van der Waals surface area contributed by atoms with Crippen molar-refractivity contribution in [2.24, 2.45) is 16.8 Å². The van der Waals surface area contributed by atoms with Crippen LogP contribution in [0.1, 0.15) is 38.3 Å². The highest BCUT2D eigenvalue weighted by Gasteiger charge is 2.38. The van der Waals surface area contributed by atoms with Crippen molar-refractivity contribution in [3.05, 3.63) is 35.9 Å². The van der Waals surface area contributed by atoms with Gasteiger partial charge in [-0.2, -0.15) is 0 Å². The molecule has 30 heavy (non-hydrogen) atoms. The van der Waals surface area contributed by atoms with Gasteiger partial charge in [0.25, 0.3) is 0 Å². The molecule has 0 bridgehead atoms. The lowest BCUT2D eigenvalue weighted by atomic mass is 9.88. The molecule has 7 heteroatoms. The van der Waals surface area contributed by atoms with Gasteiger partial charge in [0.15, 0.2) is 5.96 Å². The molecule has 166 valence electrons. The summed E-state index contributed by atoms with van der Waals surface area (Å²) in [5, 5.41) is 7.46. The van der Waals surface area contributed by atoms with Crippen molar-refractivity contribution in [1.82, 2.24) is 15.5 Å². The summed E-state index contributed by atoms with van der Waals surface area (Å²) in [6.07, 6.45) is 1.88. The largest absolute Gasteiger partial charge is 0.469 e. The zero-order valence-corrected chi connectivity index (χ0v) is 18.7. The predicted molar refractivity (Wildman–Crippen MR) is 118 cm³/mol. The normalized spacial score (nSPS) is 25.1. The third-order valence-corrected chi connectivity index (χ3v) is 6.48. The Hall–Kier alpha value is -2.12. The molecule has 0 radical (unpaired) electrons. The maximum absolute atomic E-state index is 12.1. The van der Waals surface area contributed by atoms with Crippen LogP contribution in [0.4, 0.5) is 0 Å². The van der Waals surface area contributed by atoms with Gasteiger partial charge in [-0.15, -0.1) is 0 Å². The third-order valence-electron chi connectivity index (χ3n) is 6.48. The Morgan fingerprint density at radius 3 is 2.63 bits per heavy atom. The van der Waals surface area contributed by atoms with Gasteiger partial charge in [-0.25, -0.2) is 0 Å². The molecule has 0 aliphatic carbocycles. The predicted octanol–water partition coefficient (Wildman–Crippen LogP) is 2.20. The first kappa shape index (κ1) is 22.6. The average Bonchev–Trinajstić information content (AvgIpc) is 3.16. The van der Waals surface area contributed by atoms with Gasteiger partial charge < -0.3 is 25.0 Å². The molecule has 0 amide bonds. The number of nitrogens with one attached hydrogen (secondary N) is 2. The number of benzene rings is 1. The first-order chi connectivity index (χ1) is 14.5. The van der Waals surface area contributed by atoms with Gasteiger partial charge >= 0.3 is 5.97 Å². The van der Waals surface area contributed by atoms with Gasteiger partial charge in [0.05, 0.1) is 13.0 Å². The molecule has 0 aromatic heterocycles. The Kier molecular flexibility index (Phi) is 7.72. The minimum absolute atomic E-state index is 0.0729. The van der Waals surface area contributed by atoms with Crippen molar-refractivity contribution < 1.29 is 14.3 Å². The van der Waals surface area contributed by atoms with E-state index < -0.39 is 0 Å². The SMILES string of the molecule is CN=C(NCC1(NC(C)c2ccccc2)CCOCC1)N1CC(C)C(C(=O)OC)C1. The van der Waals surface area contributed by atoms with Crippen LogP contribution in [0.25, 0.3) is 0 Å². The minimum Gasteiger partial charge on any atom is -0.469 e. The molecule has 1 aromatic rings. The summed E-state index contributed by atoms with van der Waals surface area (Å²) < 4.78 is 10.6. The molecule has 0 saturated carbocycles. The van der Waals surface area contributed by atoms with E-state index in [4.69, 9.17) is 9.47 Å². The van der Waals surface area contributed by atoms with Crippen LogP contribution < -0.4 is 10.6 Å². The van der Waals surface area contributed by atoms with Crippen molar-refractivity contribution in [2.45, 2.75) is 38.3 Å². The number of hydrogen-bond acceptors (Lipinski definition) is 5. The fourth-order valence-electron chi connectivity index (χ4n) is 4.60. The number of ether oxygens (including phenoxy) is 2. The lowest BCUT2D eigenvalue weighted by Crippen LogP contribution is -2.58. The van der Waals surface area contributed by atoms with E-state index >= 15 is 0 Å². The van der Waals surface area contributed by atoms with Gasteiger partial charge in [-0.1, -0.05) is 37.3 Å². The van der Waals surface area contributed by atoms with Crippen LogP contribution in [0.2, 0.25) is 0 Å². The fraction of sp³-hybridized carbons (Fsp3) is 0.652. The third kappa shape index (κ3) is 5.32. The molecule has 7 nitrogen and oxygen atoms in total. The van der Waals surface area contributed by atoms with Crippen LogP contribution in [0.15, 0.2) is 35.3 Å². The van der Waals surface area contributed by atoms with E-state index in [1.807, 2.05) is 6.07 Å². The zero-order valence-electron chi connectivity index (χ0n) is 18.7. The highest BCUT2D eigenvalue weighted by molar-refractivity contribution is 5.82. The summed E-state index contributed by atoms with van der Waals surface area (Å²) >= 11 is 0.